The van der Waals surface area contributed by atoms with Gasteiger partial charge < -0.3 is 15.4 Å². The number of ether oxygens (including phenoxy) is 1. The SMILES string of the molecule is CC(OC(=O)CNC(=O)c1ccc(C(F)(F)F)cc1)C(=O)NCc1ccccc1. The number of carbonyl (C=O) groups is 3. The number of alkyl halides is 3. The summed E-state index contributed by atoms with van der Waals surface area (Å²) in [5.41, 5.74) is -0.0496. The molecule has 1 atom stereocenters. The second-order valence-electron chi connectivity index (χ2n) is 6.09. The van der Waals surface area contributed by atoms with E-state index in [-0.39, 0.29) is 12.1 Å². The second kappa shape index (κ2) is 9.72. The van der Waals surface area contributed by atoms with E-state index in [0.717, 1.165) is 29.8 Å². The first-order valence-corrected chi connectivity index (χ1v) is 8.63. The van der Waals surface area contributed by atoms with Crippen molar-refractivity contribution < 1.29 is 32.3 Å². The van der Waals surface area contributed by atoms with Crippen LogP contribution in [0.3, 0.4) is 0 Å². The summed E-state index contributed by atoms with van der Waals surface area (Å²) < 4.78 is 42.5. The van der Waals surface area contributed by atoms with Crippen LogP contribution in [-0.2, 0) is 27.0 Å². The van der Waals surface area contributed by atoms with Crippen molar-refractivity contribution in [2.45, 2.75) is 25.7 Å². The van der Waals surface area contributed by atoms with Gasteiger partial charge in [0.2, 0.25) is 0 Å². The molecule has 2 aromatic rings. The lowest BCUT2D eigenvalue weighted by Gasteiger charge is -2.14. The molecule has 0 saturated heterocycles. The van der Waals surface area contributed by atoms with Crippen molar-refractivity contribution in [3.63, 3.8) is 0 Å². The first-order valence-electron chi connectivity index (χ1n) is 8.63. The van der Waals surface area contributed by atoms with Gasteiger partial charge in [-0.2, -0.15) is 13.2 Å². The number of amides is 2. The summed E-state index contributed by atoms with van der Waals surface area (Å²) in [5.74, 6) is -2.10. The molecule has 0 spiro atoms. The second-order valence-corrected chi connectivity index (χ2v) is 6.09. The van der Waals surface area contributed by atoms with Gasteiger partial charge in [-0.3, -0.25) is 14.4 Å². The molecule has 1 unspecified atom stereocenters. The third-order valence-corrected chi connectivity index (χ3v) is 3.85. The standard InChI is InChI=1S/C20H19F3N2O4/c1-13(18(27)24-11-14-5-3-2-4-6-14)29-17(26)12-25-19(28)15-7-9-16(10-8-15)20(21,22)23/h2-10,13H,11-12H2,1H3,(H,24,27)(H,25,28). The Kier molecular flexibility index (Phi) is 7.35. The zero-order valence-electron chi connectivity index (χ0n) is 15.5. The summed E-state index contributed by atoms with van der Waals surface area (Å²) in [7, 11) is 0. The van der Waals surface area contributed by atoms with Crippen LogP contribution >= 0.6 is 0 Å². The Balaban J connectivity index is 1.76. The molecule has 9 heteroatoms. The lowest BCUT2D eigenvalue weighted by atomic mass is 10.1. The molecule has 2 rings (SSSR count). The Morgan fingerprint density at radius 2 is 1.59 bits per heavy atom. The van der Waals surface area contributed by atoms with Gasteiger partial charge in [0.15, 0.2) is 6.10 Å². The molecule has 0 fully saturated rings. The van der Waals surface area contributed by atoms with Crippen LogP contribution < -0.4 is 10.6 Å². The van der Waals surface area contributed by atoms with E-state index in [1.807, 2.05) is 30.3 Å². The third-order valence-electron chi connectivity index (χ3n) is 3.85. The number of hydrogen-bond acceptors (Lipinski definition) is 4. The number of hydrogen-bond donors (Lipinski definition) is 2. The summed E-state index contributed by atoms with van der Waals surface area (Å²) in [6.45, 7) is 1.12. The van der Waals surface area contributed by atoms with E-state index in [4.69, 9.17) is 4.74 Å². The number of carbonyl (C=O) groups excluding carboxylic acids is 3. The molecule has 0 heterocycles. The van der Waals surface area contributed by atoms with Gasteiger partial charge in [0.25, 0.3) is 11.8 Å². The quantitative estimate of drug-likeness (QED) is 0.690. The van der Waals surface area contributed by atoms with Gasteiger partial charge in [0.1, 0.15) is 6.54 Å². The van der Waals surface area contributed by atoms with Crippen molar-refractivity contribution in [2.24, 2.45) is 0 Å². The molecule has 0 radical (unpaired) electrons. The average molecular weight is 408 g/mol. The van der Waals surface area contributed by atoms with Crippen molar-refractivity contribution >= 4 is 17.8 Å². The van der Waals surface area contributed by atoms with Crippen LogP contribution in [0.5, 0.6) is 0 Å². The summed E-state index contributed by atoms with van der Waals surface area (Å²) in [6.07, 6.45) is -5.58. The summed E-state index contributed by atoms with van der Waals surface area (Å²) in [6, 6.07) is 12.7. The first kappa shape index (κ1) is 21.9. The lowest BCUT2D eigenvalue weighted by molar-refractivity contribution is -0.153. The Labute approximate surface area is 165 Å². The largest absolute Gasteiger partial charge is 0.451 e. The first-order chi connectivity index (χ1) is 13.7. The van der Waals surface area contributed by atoms with Crippen LogP contribution in [0, 0.1) is 0 Å². The zero-order valence-corrected chi connectivity index (χ0v) is 15.5. The van der Waals surface area contributed by atoms with Gasteiger partial charge in [-0.1, -0.05) is 30.3 Å². The zero-order chi connectivity index (χ0) is 21.4. The van der Waals surface area contributed by atoms with Crippen LogP contribution in [0.25, 0.3) is 0 Å². The molecule has 2 N–H and O–H groups in total. The fraction of sp³-hybridized carbons (Fsp3) is 0.250. The number of rotatable bonds is 7. The molecule has 29 heavy (non-hydrogen) atoms. The monoisotopic (exact) mass is 408 g/mol. The highest BCUT2D eigenvalue weighted by molar-refractivity contribution is 5.96. The summed E-state index contributed by atoms with van der Waals surface area (Å²) in [5, 5.41) is 4.85. The van der Waals surface area contributed by atoms with E-state index in [1.165, 1.54) is 6.92 Å². The Morgan fingerprint density at radius 1 is 0.966 bits per heavy atom. The maximum atomic E-state index is 12.5. The molecule has 2 amide bonds. The van der Waals surface area contributed by atoms with Gasteiger partial charge in [-0.05, 0) is 36.8 Å². The number of esters is 1. The molecule has 2 aromatic carbocycles. The lowest BCUT2D eigenvalue weighted by Crippen LogP contribution is -2.38. The van der Waals surface area contributed by atoms with Crippen LogP contribution in [-0.4, -0.2) is 30.4 Å². The van der Waals surface area contributed by atoms with Crippen molar-refractivity contribution in [1.29, 1.82) is 0 Å². The van der Waals surface area contributed by atoms with Crippen molar-refractivity contribution in [3.05, 3.63) is 71.3 Å². The van der Waals surface area contributed by atoms with Crippen molar-refractivity contribution in [1.82, 2.24) is 10.6 Å². The van der Waals surface area contributed by atoms with E-state index < -0.39 is 42.2 Å². The van der Waals surface area contributed by atoms with Crippen molar-refractivity contribution in [3.8, 4) is 0 Å². The Morgan fingerprint density at radius 3 is 2.17 bits per heavy atom. The average Bonchev–Trinajstić information content (AvgIpc) is 2.70. The van der Waals surface area contributed by atoms with E-state index in [0.29, 0.717) is 0 Å². The molecule has 0 aliphatic rings. The number of benzene rings is 2. The highest BCUT2D eigenvalue weighted by Crippen LogP contribution is 2.29. The normalized spacial score (nSPS) is 12.0. The summed E-state index contributed by atoms with van der Waals surface area (Å²) >= 11 is 0. The predicted molar refractivity (Wildman–Crippen MR) is 97.6 cm³/mol. The fourth-order valence-electron chi connectivity index (χ4n) is 2.29. The van der Waals surface area contributed by atoms with Gasteiger partial charge >= 0.3 is 12.1 Å². The van der Waals surface area contributed by atoms with E-state index >= 15 is 0 Å². The summed E-state index contributed by atoms with van der Waals surface area (Å²) in [4.78, 5) is 35.7. The molecule has 0 aliphatic heterocycles. The molecule has 0 aromatic heterocycles. The minimum Gasteiger partial charge on any atom is -0.451 e. The van der Waals surface area contributed by atoms with Crippen LogP contribution in [0.15, 0.2) is 54.6 Å². The van der Waals surface area contributed by atoms with Crippen LogP contribution in [0.1, 0.15) is 28.4 Å². The molecule has 0 saturated carbocycles. The van der Waals surface area contributed by atoms with E-state index in [1.54, 1.807) is 0 Å². The van der Waals surface area contributed by atoms with Crippen molar-refractivity contribution in [2.75, 3.05) is 6.54 Å². The minimum atomic E-state index is -4.50. The highest BCUT2D eigenvalue weighted by atomic mass is 19.4. The van der Waals surface area contributed by atoms with Crippen LogP contribution in [0.4, 0.5) is 13.2 Å². The van der Waals surface area contributed by atoms with E-state index in [9.17, 15) is 27.6 Å². The Hall–Kier alpha value is -3.36. The molecular weight excluding hydrogens is 389 g/mol. The van der Waals surface area contributed by atoms with E-state index in [2.05, 4.69) is 10.6 Å². The maximum Gasteiger partial charge on any atom is 0.416 e. The third kappa shape index (κ3) is 6.95. The van der Waals surface area contributed by atoms with Crippen LogP contribution in [0.2, 0.25) is 0 Å². The predicted octanol–water partition coefficient (Wildman–Crippen LogP) is 2.68. The number of halogens is 3. The fourth-order valence-corrected chi connectivity index (χ4v) is 2.29. The van der Waals surface area contributed by atoms with Gasteiger partial charge in [0, 0.05) is 12.1 Å². The molecule has 6 nitrogen and oxygen atoms in total. The topological polar surface area (TPSA) is 84.5 Å². The minimum absolute atomic E-state index is 0.0422. The Bertz CT molecular complexity index is 852. The molecule has 154 valence electrons. The molecule has 0 aliphatic carbocycles. The molecular formula is C20H19F3N2O4. The number of nitrogens with one attached hydrogen (secondary N) is 2. The van der Waals surface area contributed by atoms with Gasteiger partial charge in [-0.25, -0.2) is 0 Å². The highest BCUT2D eigenvalue weighted by Gasteiger charge is 2.30. The maximum absolute atomic E-state index is 12.5. The molecule has 0 bridgehead atoms. The van der Waals surface area contributed by atoms with Gasteiger partial charge in [-0.15, -0.1) is 0 Å². The smallest absolute Gasteiger partial charge is 0.416 e. The van der Waals surface area contributed by atoms with Gasteiger partial charge in [0.05, 0.1) is 5.56 Å².